The summed E-state index contributed by atoms with van der Waals surface area (Å²) in [5.41, 5.74) is 6.36. The molecule has 1 rings (SSSR count). The van der Waals surface area contributed by atoms with Crippen LogP contribution in [0.1, 0.15) is 30.1 Å². The summed E-state index contributed by atoms with van der Waals surface area (Å²) in [4.78, 5) is 23.2. The molecule has 3 N–H and O–H groups in total. The monoisotopic (exact) mass is 284 g/mol. The minimum Gasteiger partial charge on any atom is -0.465 e. The quantitative estimate of drug-likeness (QED) is 0.812. The maximum absolute atomic E-state index is 11.8. The molecule has 0 bridgehead atoms. The number of nitrogens with two attached hydrogens (primary N) is 1. The molecule has 5 nitrogen and oxygen atoms in total. The fraction of sp³-hybridized carbons (Fsp3) is 0.385. The fourth-order valence-electron chi connectivity index (χ4n) is 1.55. The van der Waals surface area contributed by atoms with Gasteiger partial charge in [0.05, 0.1) is 23.7 Å². The number of rotatable bonds is 5. The van der Waals surface area contributed by atoms with Gasteiger partial charge in [0.2, 0.25) is 5.91 Å². The Morgan fingerprint density at radius 2 is 2.16 bits per heavy atom. The first-order valence-corrected chi connectivity index (χ1v) is 6.31. The lowest BCUT2D eigenvalue weighted by Gasteiger charge is -2.12. The van der Waals surface area contributed by atoms with Gasteiger partial charge >= 0.3 is 5.97 Å². The molecule has 6 heteroatoms. The zero-order chi connectivity index (χ0) is 14.4. The molecule has 0 fully saturated rings. The van der Waals surface area contributed by atoms with Crippen molar-refractivity contribution in [3.8, 4) is 0 Å². The lowest BCUT2D eigenvalue weighted by molar-refractivity contribution is -0.117. The molecule has 1 aromatic rings. The van der Waals surface area contributed by atoms with Crippen molar-refractivity contribution in [2.45, 2.75) is 25.8 Å². The van der Waals surface area contributed by atoms with Gasteiger partial charge in [-0.1, -0.05) is 24.9 Å². The highest BCUT2D eigenvalue weighted by molar-refractivity contribution is 6.33. The van der Waals surface area contributed by atoms with Gasteiger partial charge in [0.15, 0.2) is 0 Å². The summed E-state index contributed by atoms with van der Waals surface area (Å²) in [6.45, 7) is 1.95. The molecule has 0 heterocycles. The molecule has 1 aromatic carbocycles. The molecule has 0 aromatic heterocycles. The van der Waals surface area contributed by atoms with Gasteiger partial charge < -0.3 is 15.8 Å². The van der Waals surface area contributed by atoms with E-state index < -0.39 is 12.0 Å². The van der Waals surface area contributed by atoms with Gasteiger partial charge in [-0.3, -0.25) is 4.79 Å². The van der Waals surface area contributed by atoms with Gasteiger partial charge in [-0.15, -0.1) is 0 Å². The van der Waals surface area contributed by atoms with E-state index in [2.05, 4.69) is 10.1 Å². The number of esters is 1. The Morgan fingerprint density at radius 3 is 2.74 bits per heavy atom. The Bertz CT molecular complexity index is 477. The van der Waals surface area contributed by atoms with E-state index in [-0.39, 0.29) is 16.5 Å². The normalized spacial score (nSPS) is 11.8. The van der Waals surface area contributed by atoms with Crippen molar-refractivity contribution < 1.29 is 14.3 Å². The van der Waals surface area contributed by atoms with Crippen LogP contribution in [0.25, 0.3) is 0 Å². The molecule has 0 unspecified atom stereocenters. The second-order valence-electron chi connectivity index (χ2n) is 4.07. The van der Waals surface area contributed by atoms with E-state index in [1.807, 2.05) is 6.92 Å². The van der Waals surface area contributed by atoms with E-state index in [0.29, 0.717) is 12.1 Å². The fourth-order valence-corrected chi connectivity index (χ4v) is 1.74. The number of carbonyl (C=O) groups excluding carboxylic acids is 2. The zero-order valence-electron chi connectivity index (χ0n) is 10.9. The molecule has 0 radical (unpaired) electrons. The number of amides is 1. The smallest absolute Gasteiger partial charge is 0.339 e. The van der Waals surface area contributed by atoms with Crippen LogP contribution in [0, 0.1) is 0 Å². The van der Waals surface area contributed by atoms with Crippen molar-refractivity contribution >= 4 is 29.2 Å². The molecule has 0 spiro atoms. The van der Waals surface area contributed by atoms with Gasteiger partial charge in [-0.2, -0.15) is 0 Å². The Balaban J connectivity index is 2.85. The number of ether oxygens (including phenoxy) is 1. The second kappa shape index (κ2) is 7.11. The molecule has 0 aliphatic rings. The van der Waals surface area contributed by atoms with Crippen molar-refractivity contribution in [1.82, 2.24) is 0 Å². The number of nitrogens with one attached hydrogen (secondary N) is 1. The van der Waals surface area contributed by atoms with E-state index in [1.165, 1.54) is 19.2 Å². The van der Waals surface area contributed by atoms with Crippen LogP contribution in [0.5, 0.6) is 0 Å². The van der Waals surface area contributed by atoms with Crippen molar-refractivity contribution in [3.63, 3.8) is 0 Å². The summed E-state index contributed by atoms with van der Waals surface area (Å²) in [6, 6.07) is 4.02. The third kappa shape index (κ3) is 4.22. The summed E-state index contributed by atoms with van der Waals surface area (Å²) in [5, 5.41) is 2.91. The predicted octanol–water partition coefficient (Wildman–Crippen LogP) is 2.19. The largest absolute Gasteiger partial charge is 0.465 e. The average Bonchev–Trinajstić information content (AvgIpc) is 2.40. The number of anilines is 1. The first-order chi connectivity index (χ1) is 8.99. The molecule has 0 saturated heterocycles. The maximum Gasteiger partial charge on any atom is 0.339 e. The van der Waals surface area contributed by atoms with Crippen molar-refractivity contribution in [1.29, 1.82) is 0 Å². The number of halogens is 1. The number of benzene rings is 1. The van der Waals surface area contributed by atoms with E-state index in [1.54, 1.807) is 6.07 Å². The van der Waals surface area contributed by atoms with E-state index in [4.69, 9.17) is 17.3 Å². The third-order valence-electron chi connectivity index (χ3n) is 2.58. The molecular weight excluding hydrogens is 268 g/mol. The van der Waals surface area contributed by atoms with Crippen LogP contribution in [0.2, 0.25) is 5.02 Å². The number of carbonyl (C=O) groups is 2. The standard InChI is InChI=1S/C13H17ClN2O3/c1-3-4-11(15)12(17)16-8-5-6-10(14)9(7-8)13(18)19-2/h5-7,11H,3-4,15H2,1-2H3,(H,16,17)/t11-/m1/s1. The highest BCUT2D eigenvalue weighted by Gasteiger charge is 2.15. The molecule has 0 aliphatic heterocycles. The van der Waals surface area contributed by atoms with Crippen LogP contribution in [-0.2, 0) is 9.53 Å². The Kier molecular flexibility index (Phi) is 5.79. The first-order valence-electron chi connectivity index (χ1n) is 5.94. The van der Waals surface area contributed by atoms with E-state index in [0.717, 1.165) is 6.42 Å². The minimum absolute atomic E-state index is 0.200. The topological polar surface area (TPSA) is 81.4 Å². The molecule has 104 valence electrons. The zero-order valence-corrected chi connectivity index (χ0v) is 11.7. The molecule has 0 saturated carbocycles. The molecule has 1 atom stereocenters. The van der Waals surface area contributed by atoms with E-state index >= 15 is 0 Å². The van der Waals surface area contributed by atoms with Crippen LogP contribution in [0.4, 0.5) is 5.69 Å². The summed E-state index contributed by atoms with van der Waals surface area (Å²) in [5.74, 6) is -0.848. The van der Waals surface area contributed by atoms with Crippen molar-refractivity contribution in [2.24, 2.45) is 5.73 Å². The number of methoxy groups -OCH3 is 1. The Morgan fingerprint density at radius 1 is 1.47 bits per heavy atom. The molecule has 19 heavy (non-hydrogen) atoms. The first kappa shape index (κ1) is 15.5. The van der Waals surface area contributed by atoms with Gasteiger partial charge in [-0.05, 0) is 24.6 Å². The van der Waals surface area contributed by atoms with E-state index in [9.17, 15) is 9.59 Å². The molecular formula is C13H17ClN2O3. The lowest BCUT2D eigenvalue weighted by Crippen LogP contribution is -2.35. The van der Waals surface area contributed by atoms with Crippen LogP contribution in [-0.4, -0.2) is 25.0 Å². The van der Waals surface area contributed by atoms with Gasteiger partial charge in [0.25, 0.3) is 0 Å². The lowest BCUT2D eigenvalue weighted by atomic mass is 10.1. The van der Waals surface area contributed by atoms with Gasteiger partial charge in [0.1, 0.15) is 0 Å². The number of hydrogen-bond acceptors (Lipinski definition) is 4. The summed E-state index contributed by atoms with van der Waals surface area (Å²) in [7, 11) is 1.26. The summed E-state index contributed by atoms with van der Waals surface area (Å²) < 4.78 is 4.60. The van der Waals surface area contributed by atoms with Crippen molar-refractivity contribution in [2.75, 3.05) is 12.4 Å². The highest BCUT2D eigenvalue weighted by Crippen LogP contribution is 2.21. The molecule has 1 amide bonds. The van der Waals surface area contributed by atoms with Crippen molar-refractivity contribution in [3.05, 3.63) is 28.8 Å². The summed E-state index contributed by atoms with van der Waals surface area (Å²) >= 11 is 5.88. The minimum atomic E-state index is -0.567. The van der Waals surface area contributed by atoms with Crippen LogP contribution in [0.15, 0.2) is 18.2 Å². The Labute approximate surface area is 117 Å². The average molecular weight is 285 g/mol. The summed E-state index contributed by atoms with van der Waals surface area (Å²) in [6.07, 6.45) is 1.42. The maximum atomic E-state index is 11.8. The number of hydrogen-bond donors (Lipinski definition) is 2. The SMILES string of the molecule is CCC[C@@H](N)C(=O)Nc1ccc(Cl)c(C(=O)OC)c1. The van der Waals surface area contributed by atoms with Crippen LogP contribution < -0.4 is 11.1 Å². The third-order valence-corrected chi connectivity index (χ3v) is 2.91. The Hall–Kier alpha value is -1.59. The van der Waals surface area contributed by atoms with Crippen LogP contribution in [0.3, 0.4) is 0 Å². The van der Waals surface area contributed by atoms with Gasteiger partial charge in [0, 0.05) is 5.69 Å². The highest BCUT2D eigenvalue weighted by atomic mass is 35.5. The molecule has 0 aliphatic carbocycles. The predicted molar refractivity (Wildman–Crippen MR) is 74.3 cm³/mol. The van der Waals surface area contributed by atoms with Gasteiger partial charge in [-0.25, -0.2) is 4.79 Å². The second-order valence-corrected chi connectivity index (χ2v) is 4.48. The van der Waals surface area contributed by atoms with Crippen LogP contribution >= 0.6 is 11.6 Å².